The molecule has 0 saturated carbocycles. The van der Waals surface area contributed by atoms with Gasteiger partial charge in [-0.2, -0.15) is 4.31 Å². The van der Waals surface area contributed by atoms with E-state index in [0.717, 1.165) is 12.1 Å². The Morgan fingerprint density at radius 1 is 1.33 bits per heavy atom. The summed E-state index contributed by atoms with van der Waals surface area (Å²) in [5.74, 6) is -0.753. The van der Waals surface area contributed by atoms with Crippen LogP contribution in [0.15, 0.2) is 29.2 Å². The van der Waals surface area contributed by atoms with Gasteiger partial charge in [-0.3, -0.25) is 4.79 Å². The van der Waals surface area contributed by atoms with E-state index < -0.39 is 15.8 Å². The fourth-order valence-electron chi connectivity index (χ4n) is 2.77. The number of carbonyl (C=O) groups excluding carboxylic acids is 1. The molecule has 8 heteroatoms. The van der Waals surface area contributed by atoms with Crippen molar-refractivity contribution in [2.24, 2.45) is 5.92 Å². The summed E-state index contributed by atoms with van der Waals surface area (Å²) >= 11 is 0. The predicted molar refractivity (Wildman–Crippen MR) is 87.4 cm³/mol. The van der Waals surface area contributed by atoms with Crippen molar-refractivity contribution in [2.45, 2.75) is 30.7 Å². The minimum atomic E-state index is -3.64. The molecule has 1 heterocycles. The van der Waals surface area contributed by atoms with E-state index in [0.29, 0.717) is 19.4 Å². The molecule has 1 N–H and O–H groups in total. The number of piperidine rings is 1. The molecule has 0 aliphatic carbocycles. The minimum absolute atomic E-state index is 0.0699. The van der Waals surface area contributed by atoms with E-state index in [9.17, 15) is 17.6 Å². The van der Waals surface area contributed by atoms with Gasteiger partial charge in [-0.05, 0) is 44.0 Å². The van der Waals surface area contributed by atoms with Gasteiger partial charge in [0.1, 0.15) is 5.82 Å². The average molecular weight is 358 g/mol. The van der Waals surface area contributed by atoms with Crippen LogP contribution in [0.25, 0.3) is 0 Å². The number of amides is 1. The molecule has 0 aromatic heterocycles. The van der Waals surface area contributed by atoms with Crippen molar-refractivity contribution in [1.82, 2.24) is 9.62 Å². The van der Waals surface area contributed by atoms with Gasteiger partial charge < -0.3 is 10.1 Å². The summed E-state index contributed by atoms with van der Waals surface area (Å²) in [6.45, 7) is 2.84. The molecule has 1 aliphatic rings. The van der Waals surface area contributed by atoms with Gasteiger partial charge in [-0.1, -0.05) is 0 Å². The van der Waals surface area contributed by atoms with Crippen LogP contribution in [0.3, 0.4) is 0 Å². The van der Waals surface area contributed by atoms with E-state index in [1.807, 2.05) is 6.92 Å². The topological polar surface area (TPSA) is 75.7 Å². The summed E-state index contributed by atoms with van der Waals surface area (Å²) in [4.78, 5) is 12.2. The third kappa shape index (κ3) is 4.52. The van der Waals surface area contributed by atoms with E-state index in [1.54, 1.807) is 7.11 Å². The van der Waals surface area contributed by atoms with Crippen molar-refractivity contribution in [2.75, 3.05) is 26.8 Å². The molecule has 6 nitrogen and oxygen atoms in total. The molecular formula is C16H23FN2O4S. The van der Waals surface area contributed by atoms with Crippen LogP contribution < -0.4 is 5.32 Å². The average Bonchev–Trinajstić information content (AvgIpc) is 2.55. The third-order valence-electron chi connectivity index (χ3n) is 4.08. The van der Waals surface area contributed by atoms with Crippen LogP contribution in [-0.2, 0) is 19.6 Å². The van der Waals surface area contributed by atoms with E-state index in [4.69, 9.17) is 4.74 Å². The molecule has 1 aromatic rings. The lowest BCUT2D eigenvalue weighted by atomic mass is 9.97. The number of benzene rings is 1. The SMILES string of the molecule is COC[C@H](C)NC(=O)C1CCN(S(=O)(=O)c2ccc(F)cc2)CC1. The molecule has 134 valence electrons. The number of nitrogens with one attached hydrogen (secondary N) is 1. The molecule has 1 saturated heterocycles. The Balaban J connectivity index is 1.94. The monoisotopic (exact) mass is 358 g/mol. The highest BCUT2D eigenvalue weighted by Gasteiger charge is 2.32. The number of nitrogens with zero attached hydrogens (tertiary/aromatic N) is 1. The number of hydrogen-bond acceptors (Lipinski definition) is 4. The van der Waals surface area contributed by atoms with E-state index in [1.165, 1.54) is 16.4 Å². The van der Waals surface area contributed by atoms with Crippen LogP contribution in [0.4, 0.5) is 4.39 Å². The fourth-order valence-corrected chi connectivity index (χ4v) is 4.24. The minimum Gasteiger partial charge on any atom is -0.383 e. The first-order chi connectivity index (χ1) is 11.3. The number of rotatable bonds is 6. The smallest absolute Gasteiger partial charge is 0.243 e. The second-order valence-electron chi connectivity index (χ2n) is 6.00. The first-order valence-electron chi connectivity index (χ1n) is 7.89. The Labute approximate surface area is 142 Å². The van der Waals surface area contributed by atoms with Crippen LogP contribution in [0.1, 0.15) is 19.8 Å². The van der Waals surface area contributed by atoms with Crippen LogP contribution in [0, 0.1) is 11.7 Å². The number of carbonyl (C=O) groups is 1. The standard InChI is InChI=1S/C16H23FN2O4S/c1-12(11-23-2)18-16(20)13-7-9-19(10-8-13)24(21,22)15-5-3-14(17)4-6-15/h3-6,12-13H,7-11H2,1-2H3,(H,18,20)/t12-/m0/s1. The van der Waals surface area contributed by atoms with E-state index >= 15 is 0 Å². The molecule has 0 bridgehead atoms. The second kappa shape index (κ2) is 8.04. The molecule has 1 aliphatic heterocycles. The van der Waals surface area contributed by atoms with Crippen molar-refractivity contribution in [3.05, 3.63) is 30.1 Å². The van der Waals surface area contributed by atoms with Crippen molar-refractivity contribution in [3.63, 3.8) is 0 Å². The van der Waals surface area contributed by atoms with E-state index in [2.05, 4.69) is 5.32 Å². The Kier molecular flexibility index (Phi) is 6.31. The van der Waals surface area contributed by atoms with Gasteiger partial charge in [0, 0.05) is 32.2 Å². The molecule has 0 spiro atoms. The highest BCUT2D eigenvalue weighted by atomic mass is 32.2. The normalized spacial score (nSPS) is 18.3. The molecule has 1 aromatic carbocycles. The molecular weight excluding hydrogens is 335 g/mol. The molecule has 1 atom stereocenters. The number of ether oxygens (including phenoxy) is 1. The summed E-state index contributed by atoms with van der Waals surface area (Å²) in [6.07, 6.45) is 0.928. The summed E-state index contributed by atoms with van der Waals surface area (Å²) in [5.41, 5.74) is 0. The van der Waals surface area contributed by atoms with Crippen molar-refractivity contribution < 1.29 is 22.3 Å². The summed E-state index contributed by atoms with van der Waals surface area (Å²) in [6, 6.07) is 4.70. The van der Waals surface area contributed by atoms with E-state index in [-0.39, 0.29) is 35.9 Å². The summed E-state index contributed by atoms with van der Waals surface area (Å²) in [7, 11) is -2.07. The number of sulfonamides is 1. The van der Waals surface area contributed by atoms with Gasteiger partial charge in [0.15, 0.2) is 0 Å². The first-order valence-corrected chi connectivity index (χ1v) is 9.33. The fraction of sp³-hybridized carbons (Fsp3) is 0.562. The zero-order valence-electron chi connectivity index (χ0n) is 13.9. The zero-order chi connectivity index (χ0) is 17.7. The lowest BCUT2D eigenvalue weighted by Gasteiger charge is -2.31. The molecule has 0 unspecified atom stereocenters. The zero-order valence-corrected chi connectivity index (χ0v) is 14.7. The maximum Gasteiger partial charge on any atom is 0.243 e. The van der Waals surface area contributed by atoms with Crippen LogP contribution in [0.2, 0.25) is 0 Å². The first kappa shape index (κ1) is 18.8. The van der Waals surface area contributed by atoms with Crippen LogP contribution in [-0.4, -0.2) is 51.5 Å². The maximum atomic E-state index is 13.0. The van der Waals surface area contributed by atoms with Crippen LogP contribution in [0.5, 0.6) is 0 Å². The maximum absolute atomic E-state index is 13.0. The van der Waals surface area contributed by atoms with Gasteiger partial charge in [-0.25, -0.2) is 12.8 Å². The number of hydrogen-bond donors (Lipinski definition) is 1. The van der Waals surface area contributed by atoms with Gasteiger partial charge in [-0.15, -0.1) is 0 Å². The van der Waals surface area contributed by atoms with Gasteiger partial charge in [0.25, 0.3) is 0 Å². The number of halogens is 1. The Morgan fingerprint density at radius 3 is 2.46 bits per heavy atom. The Bertz CT molecular complexity index is 655. The van der Waals surface area contributed by atoms with Crippen molar-refractivity contribution in [3.8, 4) is 0 Å². The summed E-state index contributed by atoms with van der Waals surface area (Å²) in [5, 5.41) is 2.87. The van der Waals surface area contributed by atoms with Crippen LogP contribution >= 0.6 is 0 Å². The lowest BCUT2D eigenvalue weighted by Crippen LogP contribution is -2.45. The second-order valence-corrected chi connectivity index (χ2v) is 7.94. The van der Waals surface area contributed by atoms with Crippen molar-refractivity contribution >= 4 is 15.9 Å². The number of methoxy groups -OCH3 is 1. The molecule has 1 fully saturated rings. The Morgan fingerprint density at radius 2 is 1.92 bits per heavy atom. The molecule has 24 heavy (non-hydrogen) atoms. The third-order valence-corrected chi connectivity index (χ3v) is 5.99. The summed E-state index contributed by atoms with van der Waals surface area (Å²) < 4.78 is 44.3. The predicted octanol–water partition coefficient (Wildman–Crippen LogP) is 1.38. The molecule has 2 rings (SSSR count). The van der Waals surface area contributed by atoms with Gasteiger partial charge in [0.2, 0.25) is 15.9 Å². The largest absolute Gasteiger partial charge is 0.383 e. The Hall–Kier alpha value is -1.51. The molecule has 1 amide bonds. The molecule has 0 radical (unpaired) electrons. The van der Waals surface area contributed by atoms with Crippen molar-refractivity contribution in [1.29, 1.82) is 0 Å². The van der Waals surface area contributed by atoms with Gasteiger partial charge >= 0.3 is 0 Å². The quantitative estimate of drug-likeness (QED) is 0.834. The lowest BCUT2D eigenvalue weighted by molar-refractivity contribution is -0.127. The highest BCUT2D eigenvalue weighted by Crippen LogP contribution is 2.24. The van der Waals surface area contributed by atoms with Gasteiger partial charge in [0.05, 0.1) is 11.5 Å². The highest BCUT2D eigenvalue weighted by molar-refractivity contribution is 7.89.